The second-order valence-corrected chi connectivity index (χ2v) is 5.94. The summed E-state index contributed by atoms with van der Waals surface area (Å²) in [6.07, 6.45) is 2.11. The normalized spacial score (nSPS) is 12.2. The summed E-state index contributed by atoms with van der Waals surface area (Å²) in [4.78, 5) is 24.4. The van der Waals surface area contributed by atoms with Crippen molar-refractivity contribution in [2.24, 2.45) is 7.05 Å². The lowest BCUT2D eigenvalue weighted by atomic mass is 10.1. The van der Waals surface area contributed by atoms with Crippen molar-refractivity contribution in [2.75, 3.05) is 6.61 Å². The Morgan fingerprint density at radius 1 is 1.23 bits per heavy atom. The molecular formula is C20H24N2O4. The number of Topliss-reactive ketones (excluding diaryl/α,β-unsaturated/α-hetero) is 1. The lowest BCUT2D eigenvalue weighted by Crippen LogP contribution is -2.23. The van der Waals surface area contributed by atoms with Gasteiger partial charge in [0.15, 0.2) is 6.10 Å². The Morgan fingerprint density at radius 2 is 1.88 bits per heavy atom. The number of hydrogen-bond donors (Lipinski definition) is 0. The number of carbonyl (C=O) groups is 2. The molecule has 1 atom stereocenters. The summed E-state index contributed by atoms with van der Waals surface area (Å²) >= 11 is 0. The molecule has 0 fully saturated rings. The number of ether oxygens (including phenoxy) is 2. The Labute approximate surface area is 153 Å². The third kappa shape index (κ3) is 4.59. The van der Waals surface area contributed by atoms with Gasteiger partial charge in [-0.2, -0.15) is 5.10 Å². The van der Waals surface area contributed by atoms with Gasteiger partial charge >= 0.3 is 5.97 Å². The van der Waals surface area contributed by atoms with Gasteiger partial charge in [-0.3, -0.25) is 9.48 Å². The third-order valence-corrected chi connectivity index (χ3v) is 4.06. The molecule has 0 radical (unpaired) electrons. The number of nitrogens with zero attached hydrogens (tertiary/aromatic N) is 2. The average molecular weight is 356 g/mol. The van der Waals surface area contributed by atoms with Gasteiger partial charge in [0, 0.05) is 29.9 Å². The fraction of sp³-hybridized carbons (Fsp3) is 0.350. The van der Waals surface area contributed by atoms with Crippen LogP contribution in [-0.2, 0) is 16.6 Å². The van der Waals surface area contributed by atoms with E-state index in [0.29, 0.717) is 17.9 Å². The quantitative estimate of drug-likeness (QED) is 0.433. The topological polar surface area (TPSA) is 70.4 Å². The minimum absolute atomic E-state index is 0.261. The Balaban J connectivity index is 1.99. The molecule has 0 bridgehead atoms. The lowest BCUT2D eigenvalue weighted by Gasteiger charge is -2.11. The monoisotopic (exact) mass is 356 g/mol. The van der Waals surface area contributed by atoms with Gasteiger partial charge in [-0.1, -0.05) is 0 Å². The number of rotatable bonds is 7. The molecule has 138 valence electrons. The maximum Gasteiger partial charge on any atom is 0.331 e. The first-order valence-electron chi connectivity index (χ1n) is 8.49. The minimum Gasteiger partial charge on any atom is -0.494 e. The van der Waals surface area contributed by atoms with Crippen LogP contribution in [0.4, 0.5) is 0 Å². The minimum atomic E-state index is -0.874. The van der Waals surface area contributed by atoms with Crippen molar-refractivity contribution < 1.29 is 19.1 Å². The van der Waals surface area contributed by atoms with E-state index in [2.05, 4.69) is 5.10 Å². The zero-order valence-electron chi connectivity index (χ0n) is 15.8. The number of ketones is 1. The Kier molecular flexibility index (Phi) is 6.33. The second-order valence-electron chi connectivity index (χ2n) is 5.94. The van der Waals surface area contributed by atoms with E-state index in [4.69, 9.17) is 9.47 Å². The highest BCUT2D eigenvalue weighted by Crippen LogP contribution is 2.16. The average Bonchev–Trinajstić information content (AvgIpc) is 2.85. The van der Waals surface area contributed by atoms with E-state index in [1.165, 1.54) is 6.08 Å². The summed E-state index contributed by atoms with van der Waals surface area (Å²) in [5.41, 5.74) is 3.12. The number of aromatic nitrogens is 2. The van der Waals surface area contributed by atoms with E-state index in [0.717, 1.165) is 17.0 Å². The highest BCUT2D eigenvalue weighted by atomic mass is 16.5. The molecular weight excluding hydrogens is 332 g/mol. The smallest absolute Gasteiger partial charge is 0.331 e. The molecule has 6 heteroatoms. The van der Waals surface area contributed by atoms with Crippen LogP contribution in [0.2, 0.25) is 0 Å². The number of benzene rings is 1. The molecule has 1 aromatic heterocycles. The van der Waals surface area contributed by atoms with Crippen LogP contribution in [0.15, 0.2) is 30.3 Å². The van der Waals surface area contributed by atoms with Crippen LogP contribution in [0.3, 0.4) is 0 Å². The highest BCUT2D eigenvalue weighted by molar-refractivity contribution is 6.01. The van der Waals surface area contributed by atoms with Crippen molar-refractivity contribution in [2.45, 2.75) is 33.8 Å². The molecule has 1 heterocycles. The molecule has 0 N–H and O–H groups in total. The molecule has 0 aliphatic heterocycles. The maximum atomic E-state index is 12.4. The lowest BCUT2D eigenvalue weighted by molar-refractivity contribution is -0.140. The van der Waals surface area contributed by atoms with Crippen LogP contribution in [0.5, 0.6) is 5.75 Å². The van der Waals surface area contributed by atoms with E-state index >= 15 is 0 Å². The van der Waals surface area contributed by atoms with Gasteiger partial charge < -0.3 is 9.47 Å². The van der Waals surface area contributed by atoms with Crippen molar-refractivity contribution in [3.8, 4) is 5.75 Å². The predicted molar refractivity (Wildman–Crippen MR) is 99.2 cm³/mol. The molecule has 1 aromatic carbocycles. The fourth-order valence-electron chi connectivity index (χ4n) is 2.57. The molecule has 2 rings (SSSR count). The maximum absolute atomic E-state index is 12.4. The van der Waals surface area contributed by atoms with Crippen LogP contribution in [0, 0.1) is 13.8 Å². The SMILES string of the molecule is CCOc1ccc(C(=O)[C@H](C)OC(=O)/C=C/c2c(C)nn(C)c2C)cc1. The summed E-state index contributed by atoms with van der Waals surface area (Å²) < 4.78 is 12.3. The fourth-order valence-corrected chi connectivity index (χ4v) is 2.57. The van der Waals surface area contributed by atoms with Gasteiger partial charge in [-0.15, -0.1) is 0 Å². The number of esters is 1. The zero-order chi connectivity index (χ0) is 19.3. The van der Waals surface area contributed by atoms with E-state index < -0.39 is 12.1 Å². The van der Waals surface area contributed by atoms with Crippen LogP contribution < -0.4 is 4.74 Å². The van der Waals surface area contributed by atoms with Gasteiger partial charge in [0.2, 0.25) is 5.78 Å². The van der Waals surface area contributed by atoms with E-state index in [1.807, 2.05) is 27.8 Å². The summed E-state index contributed by atoms with van der Waals surface area (Å²) in [5.74, 6) is -0.137. The molecule has 2 aromatic rings. The molecule has 0 aliphatic carbocycles. The molecule has 0 spiro atoms. The zero-order valence-corrected chi connectivity index (χ0v) is 15.8. The van der Waals surface area contributed by atoms with E-state index in [-0.39, 0.29) is 5.78 Å². The Hall–Kier alpha value is -2.89. The predicted octanol–water partition coefficient (Wildman–Crippen LogP) is 3.26. The summed E-state index contributed by atoms with van der Waals surface area (Å²) in [6, 6.07) is 6.77. The number of carbonyl (C=O) groups excluding carboxylic acids is 2. The van der Waals surface area contributed by atoms with Gasteiger partial charge in [-0.25, -0.2) is 4.79 Å². The van der Waals surface area contributed by atoms with Crippen molar-refractivity contribution in [1.29, 1.82) is 0 Å². The first-order valence-corrected chi connectivity index (χ1v) is 8.49. The number of aryl methyl sites for hydroxylation is 2. The molecule has 0 aliphatic rings. The molecule has 0 amide bonds. The van der Waals surface area contributed by atoms with Gasteiger partial charge in [0.1, 0.15) is 5.75 Å². The summed E-state index contributed by atoms with van der Waals surface area (Å²) in [6.45, 7) is 7.80. The number of hydrogen-bond acceptors (Lipinski definition) is 5. The van der Waals surface area contributed by atoms with Crippen LogP contribution >= 0.6 is 0 Å². The van der Waals surface area contributed by atoms with Crippen LogP contribution in [0.1, 0.15) is 41.2 Å². The van der Waals surface area contributed by atoms with Crippen molar-refractivity contribution in [3.05, 3.63) is 52.9 Å². The molecule has 0 saturated carbocycles. The van der Waals surface area contributed by atoms with Gasteiger partial charge in [-0.05, 0) is 58.0 Å². The first-order chi connectivity index (χ1) is 12.3. The van der Waals surface area contributed by atoms with Crippen LogP contribution in [-0.4, -0.2) is 34.2 Å². The second kappa shape index (κ2) is 8.47. The van der Waals surface area contributed by atoms with E-state index in [9.17, 15) is 9.59 Å². The summed E-state index contributed by atoms with van der Waals surface area (Å²) in [5, 5.41) is 4.29. The summed E-state index contributed by atoms with van der Waals surface area (Å²) in [7, 11) is 1.84. The third-order valence-electron chi connectivity index (χ3n) is 4.06. The Bertz CT molecular complexity index is 819. The first kappa shape index (κ1) is 19.4. The van der Waals surface area contributed by atoms with Crippen LogP contribution in [0.25, 0.3) is 6.08 Å². The van der Waals surface area contributed by atoms with Crippen molar-refractivity contribution in [3.63, 3.8) is 0 Å². The van der Waals surface area contributed by atoms with Gasteiger partial charge in [0.05, 0.1) is 12.3 Å². The molecule has 26 heavy (non-hydrogen) atoms. The molecule has 0 unspecified atom stereocenters. The van der Waals surface area contributed by atoms with Crippen molar-refractivity contribution >= 4 is 17.8 Å². The highest BCUT2D eigenvalue weighted by Gasteiger charge is 2.18. The van der Waals surface area contributed by atoms with Crippen molar-refractivity contribution in [1.82, 2.24) is 9.78 Å². The standard InChI is InChI=1S/C20H24N2O4/c1-6-25-17-9-7-16(8-10-17)20(24)15(4)26-19(23)12-11-18-13(2)21-22(5)14(18)3/h7-12,15H,6H2,1-5H3/b12-11+/t15-/m0/s1. The molecule has 0 saturated heterocycles. The largest absolute Gasteiger partial charge is 0.494 e. The Morgan fingerprint density at radius 3 is 2.42 bits per heavy atom. The van der Waals surface area contributed by atoms with E-state index in [1.54, 1.807) is 41.9 Å². The molecule has 6 nitrogen and oxygen atoms in total. The van der Waals surface area contributed by atoms with Gasteiger partial charge in [0.25, 0.3) is 0 Å².